The van der Waals surface area contributed by atoms with Crippen LogP contribution in [0.2, 0.25) is 0 Å². The SMILES string of the molecule is Cc1cc2c(cc1N1c3cc4c(cc3B3c5ccc(C(C)(C)c6ccccc6)cc5N(c5ccc6c(c5)C(C)(C)CC6(C)C)c5cc(C(C)(C)C)cc1c53)C(C)(C)CCC4(C)C)C(C)(C)CCC2(C)C. The zero-order valence-corrected chi connectivity index (χ0v) is 46.3. The Morgan fingerprint density at radius 3 is 1.47 bits per heavy atom. The molecular weight excluding hydrogens is 844 g/mol. The molecule has 0 amide bonds. The summed E-state index contributed by atoms with van der Waals surface area (Å²) in [5, 5.41) is 0. The summed E-state index contributed by atoms with van der Waals surface area (Å²) in [7, 11) is 0. The fraction of sp³-hybridized carbons (Fsp3) is 0.463. The highest BCUT2D eigenvalue weighted by molar-refractivity contribution is 7.00. The van der Waals surface area contributed by atoms with Gasteiger partial charge in [-0.1, -0.05) is 178 Å². The van der Waals surface area contributed by atoms with Crippen molar-refractivity contribution in [1.82, 2.24) is 0 Å². The smallest absolute Gasteiger partial charge is 0.252 e. The van der Waals surface area contributed by atoms with Gasteiger partial charge in [0.2, 0.25) is 0 Å². The molecule has 6 aromatic rings. The van der Waals surface area contributed by atoms with Crippen molar-refractivity contribution in [3.63, 3.8) is 0 Å². The predicted octanol–water partition coefficient (Wildman–Crippen LogP) is 16.4. The Labute approximate surface area is 423 Å². The van der Waals surface area contributed by atoms with E-state index in [1.807, 2.05) is 0 Å². The van der Waals surface area contributed by atoms with E-state index in [0.717, 1.165) is 6.42 Å². The Morgan fingerprint density at radius 1 is 0.400 bits per heavy atom. The van der Waals surface area contributed by atoms with Gasteiger partial charge in [0.1, 0.15) is 0 Å². The molecule has 11 rings (SSSR count). The lowest BCUT2D eigenvalue weighted by atomic mass is 9.33. The van der Waals surface area contributed by atoms with Crippen molar-refractivity contribution in [2.45, 2.75) is 200 Å². The zero-order valence-electron chi connectivity index (χ0n) is 46.3. The molecule has 3 heteroatoms. The summed E-state index contributed by atoms with van der Waals surface area (Å²) in [6, 6.07) is 42.2. The average Bonchev–Trinajstić information content (AvgIpc) is 3.47. The molecule has 362 valence electrons. The molecule has 0 saturated carbocycles. The lowest BCUT2D eigenvalue weighted by Gasteiger charge is -2.49. The molecule has 2 heterocycles. The highest BCUT2D eigenvalue weighted by Gasteiger charge is 2.49. The van der Waals surface area contributed by atoms with Crippen LogP contribution in [-0.4, -0.2) is 6.71 Å². The molecule has 3 aliphatic carbocycles. The molecular formula is C67H81BN2. The molecule has 0 N–H and O–H groups in total. The van der Waals surface area contributed by atoms with Gasteiger partial charge in [-0.05, 0) is 191 Å². The van der Waals surface area contributed by atoms with Crippen LogP contribution in [0.1, 0.15) is 205 Å². The van der Waals surface area contributed by atoms with Crippen molar-refractivity contribution in [2.75, 3.05) is 9.80 Å². The average molecular weight is 925 g/mol. The lowest BCUT2D eigenvalue weighted by Crippen LogP contribution is -2.62. The maximum atomic E-state index is 2.77. The second kappa shape index (κ2) is 14.8. The van der Waals surface area contributed by atoms with Gasteiger partial charge in [0.05, 0.1) is 0 Å². The van der Waals surface area contributed by atoms with E-state index in [0.29, 0.717) is 0 Å². The van der Waals surface area contributed by atoms with Gasteiger partial charge in [0, 0.05) is 39.5 Å². The standard InChI is InChI=1S/C67H81BN2/c1-41-32-47-50(63(9,10)30-28-61(47,5)6)38-54(41)70-56-39-51-49(62(7,8)29-31-64(51,11)12)37-53(56)68-52-27-24-43(67(17,18)42-22-20-19-21-23-42)33-55(52)69(57-34-44(60(2,3)4)35-58(70)59(57)68)45-25-26-46-48(36-45)66(15,16)40-65(46,13)14/h19-27,32-39H,28-31,40H2,1-18H3. The summed E-state index contributed by atoms with van der Waals surface area (Å²) in [6.45, 7) is 44.3. The molecule has 5 aliphatic rings. The van der Waals surface area contributed by atoms with E-state index in [4.69, 9.17) is 0 Å². The third-order valence-electron chi connectivity index (χ3n) is 19.1. The van der Waals surface area contributed by atoms with Gasteiger partial charge in [-0.15, -0.1) is 0 Å². The number of aryl methyl sites for hydroxylation is 1. The first-order valence-electron chi connectivity index (χ1n) is 26.9. The van der Waals surface area contributed by atoms with E-state index in [1.165, 1.54) is 132 Å². The van der Waals surface area contributed by atoms with Crippen molar-refractivity contribution in [2.24, 2.45) is 0 Å². The van der Waals surface area contributed by atoms with Crippen LogP contribution in [0.5, 0.6) is 0 Å². The fourth-order valence-corrected chi connectivity index (χ4v) is 14.5. The van der Waals surface area contributed by atoms with Crippen molar-refractivity contribution < 1.29 is 0 Å². The van der Waals surface area contributed by atoms with Crippen LogP contribution in [0, 0.1) is 6.92 Å². The van der Waals surface area contributed by atoms with Crippen LogP contribution in [0.25, 0.3) is 0 Å². The van der Waals surface area contributed by atoms with Gasteiger partial charge in [-0.3, -0.25) is 0 Å². The fourth-order valence-electron chi connectivity index (χ4n) is 14.5. The van der Waals surface area contributed by atoms with Gasteiger partial charge in [-0.25, -0.2) is 0 Å². The summed E-state index contributed by atoms with van der Waals surface area (Å²) >= 11 is 0. The van der Waals surface area contributed by atoms with Crippen LogP contribution in [0.4, 0.5) is 34.1 Å². The molecule has 0 bridgehead atoms. The van der Waals surface area contributed by atoms with Crippen molar-refractivity contribution in [3.8, 4) is 0 Å². The van der Waals surface area contributed by atoms with Gasteiger partial charge in [0.25, 0.3) is 6.71 Å². The maximum absolute atomic E-state index is 2.77. The quantitative estimate of drug-likeness (QED) is 0.162. The minimum Gasteiger partial charge on any atom is -0.311 e. The summed E-state index contributed by atoms with van der Waals surface area (Å²) in [5.41, 5.74) is 26.7. The monoisotopic (exact) mass is 925 g/mol. The molecule has 0 spiro atoms. The Balaban J connectivity index is 1.28. The molecule has 0 unspecified atom stereocenters. The number of benzene rings is 6. The normalized spacial score (nSPS) is 20.5. The second-order valence-corrected chi connectivity index (χ2v) is 28.4. The van der Waals surface area contributed by atoms with Crippen LogP contribution in [-0.2, 0) is 43.3 Å². The lowest BCUT2D eigenvalue weighted by molar-refractivity contribution is 0.331. The van der Waals surface area contributed by atoms with E-state index in [-0.39, 0.29) is 50.0 Å². The third-order valence-corrected chi connectivity index (χ3v) is 19.1. The molecule has 0 saturated heterocycles. The Bertz CT molecular complexity index is 3160. The molecule has 0 fully saturated rings. The summed E-state index contributed by atoms with van der Waals surface area (Å²) in [6.07, 6.45) is 5.88. The van der Waals surface area contributed by atoms with Crippen LogP contribution < -0.4 is 26.2 Å². The Kier molecular flexibility index (Phi) is 10.0. The first-order chi connectivity index (χ1) is 32.4. The van der Waals surface area contributed by atoms with Crippen LogP contribution in [0.3, 0.4) is 0 Å². The van der Waals surface area contributed by atoms with Crippen molar-refractivity contribution >= 4 is 57.2 Å². The highest BCUT2D eigenvalue weighted by atomic mass is 15.2. The van der Waals surface area contributed by atoms with E-state index >= 15 is 0 Å². The molecule has 2 aliphatic heterocycles. The summed E-state index contributed by atoms with van der Waals surface area (Å²) in [4.78, 5) is 5.49. The van der Waals surface area contributed by atoms with Gasteiger partial charge >= 0.3 is 0 Å². The first-order valence-corrected chi connectivity index (χ1v) is 26.9. The van der Waals surface area contributed by atoms with Crippen molar-refractivity contribution in [1.29, 1.82) is 0 Å². The summed E-state index contributed by atoms with van der Waals surface area (Å²) in [5.74, 6) is 0. The third kappa shape index (κ3) is 6.92. The van der Waals surface area contributed by atoms with E-state index in [2.05, 4.69) is 238 Å². The maximum Gasteiger partial charge on any atom is 0.252 e. The molecule has 0 radical (unpaired) electrons. The van der Waals surface area contributed by atoms with Gasteiger partial charge < -0.3 is 9.80 Å². The van der Waals surface area contributed by atoms with Crippen LogP contribution >= 0.6 is 0 Å². The molecule has 2 nitrogen and oxygen atoms in total. The topological polar surface area (TPSA) is 6.48 Å². The van der Waals surface area contributed by atoms with E-state index in [1.54, 1.807) is 0 Å². The van der Waals surface area contributed by atoms with Crippen LogP contribution in [0.15, 0.2) is 103 Å². The Hall–Kier alpha value is -5.02. The Morgan fingerprint density at radius 2 is 0.886 bits per heavy atom. The number of nitrogens with zero attached hydrogens (tertiary/aromatic N) is 2. The minimum absolute atomic E-state index is 0.0367. The number of fused-ring (bicyclic) bond motifs is 7. The minimum atomic E-state index is -0.215. The first kappa shape index (κ1) is 47.3. The number of hydrogen-bond acceptors (Lipinski definition) is 2. The second-order valence-electron chi connectivity index (χ2n) is 28.4. The molecule has 0 atom stereocenters. The molecule has 70 heavy (non-hydrogen) atoms. The van der Waals surface area contributed by atoms with Crippen molar-refractivity contribution in [3.05, 3.63) is 159 Å². The predicted molar refractivity (Wildman–Crippen MR) is 304 cm³/mol. The van der Waals surface area contributed by atoms with Gasteiger partial charge in [0.15, 0.2) is 0 Å². The highest BCUT2D eigenvalue weighted by Crippen LogP contribution is 2.56. The van der Waals surface area contributed by atoms with E-state index < -0.39 is 0 Å². The number of hydrogen-bond donors (Lipinski definition) is 0. The largest absolute Gasteiger partial charge is 0.311 e. The summed E-state index contributed by atoms with van der Waals surface area (Å²) < 4.78 is 0. The number of rotatable bonds is 4. The number of anilines is 6. The zero-order chi connectivity index (χ0) is 50.3. The molecule has 0 aromatic heterocycles. The molecule has 6 aromatic carbocycles. The van der Waals surface area contributed by atoms with E-state index in [9.17, 15) is 0 Å². The van der Waals surface area contributed by atoms with Gasteiger partial charge in [-0.2, -0.15) is 0 Å².